The first-order valence-corrected chi connectivity index (χ1v) is 7.24. The highest BCUT2D eigenvalue weighted by atomic mass is 16.5. The third-order valence-corrected chi connectivity index (χ3v) is 4.02. The molecule has 1 amide bonds. The Morgan fingerprint density at radius 3 is 2.45 bits per heavy atom. The predicted molar refractivity (Wildman–Crippen MR) is 81.1 cm³/mol. The molecule has 1 saturated carbocycles. The molecule has 20 heavy (non-hydrogen) atoms. The molecule has 0 saturated heterocycles. The molecule has 2 rings (SSSR count). The topological polar surface area (TPSA) is 64.3 Å². The molecular formula is C16H24N2O2. The lowest BCUT2D eigenvalue weighted by Crippen LogP contribution is -2.30. The Kier molecular flexibility index (Phi) is 4.53. The summed E-state index contributed by atoms with van der Waals surface area (Å²) in [6, 6.07) is 5.69. The Labute approximate surface area is 120 Å². The van der Waals surface area contributed by atoms with Gasteiger partial charge in [-0.15, -0.1) is 0 Å². The average molecular weight is 276 g/mol. The van der Waals surface area contributed by atoms with Gasteiger partial charge in [-0.3, -0.25) is 4.79 Å². The number of nitrogens with one attached hydrogen (secondary N) is 1. The smallest absolute Gasteiger partial charge is 0.248 e. The first-order valence-electron chi connectivity index (χ1n) is 7.24. The Morgan fingerprint density at radius 2 is 1.90 bits per heavy atom. The molecular weight excluding hydrogens is 252 g/mol. The Balaban J connectivity index is 2.18. The quantitative estimate of drug-likeness (QED) is 0.888. The largest absolute Gasteiger partial charge is 0.495 e. The summed E-state index contributed by atoms with van der Waals surface area (Å²) < 4.78 is 5.36. The summed E-state index contributed by atoms with van der Waals surface area (Å²) in [5.41, 5.74) is 6.71. The van der Waals surface area contributed by atoms with Crippen molar-refractivity contribution in [2.24, 2.45) is 17.6 Å². The lowest BCUT2D eigenvalue weighted by atomic mass is 9.80. The maximum absolute atomic E-state index is 11.3. The average Bonchev–Trinajstić information content (AvgIpc) is 2.37. The number of nitrogens with two attached hydrogens (primary N) is 1. The maximum Gasteiger partial charge on any atom is 0.248 e. The van der Waals surface area contributed by atoms with Gasteiger partial charge in [0.1, 0.15) is 5.75 Å². The number of methoxy groups -OCH3 is 1. The van der Waals surface area contributed by atoms with Crippen LogP contribution >= 0.6 is 0 Å². The zero-order chi connectivity index (χ0) is 14.7. The molecule has 1 aliphatic carbocycles. The van der Waals surface area contributed by atoms with Crippen molar-refractivity contribution in [1.29, 1.82) is 0 Å². The summed E-state index contributed by atoms with van der Waals surface area (Å²) in [7, 11) is 1.64. The molecule has 1 aromatic carbocycles. The number of benzene rings is 1. The van der Waals surface area contributed by atoms with Crippen LogP contribution in [0.2, 0.25) is 0 Å². The molecule has 110 valence electrons. The molecule has 4 heteroatoms. The van der Waals surface area contributed by atoms with E-state index in [2.05, 4.69) is 19.2 Å². The second-order valence-electron chi connectivity index (χ2n) is 6.04. The highest BCUT2D eigenvalue weighted by Gasteiger charge is 2.24. The molecule has 2 unspecified atom stereocenters. The van der Waals surface area contributed by atoms with Gasteiger partial charge in [0.2, 0.25) is 5.91 Å². The van der Waals surface area contributed by atoms with Crippen LogP contribution in [0.1, 0.15) is 43.5 Å². The Bertz CT molecular complexity index is 477. The van der Waals surface area contributed by atoms with Gasteiger partial charge in [-0.25, -0.2) is 0 Å². The van der Waals surface area contributed by atoms with Crippen molar-refractivity contribution in [2.75, 3.05) is 12.4 Å². The van der Waals surface area contributed by atoms with Gasteiger partial charge in [0.15, 0.2) is 0 Å². The van der Waals surface area contributed by atoms with Crippen LogP contribution < -0.4 is 15.8 Å². The summed E-state index contributed by atoms with van der Waals surface area (Å²) in [6.45, 7) is 4.59. The molecule has 2 atom stereocenters. The minimum Gasteiger partial charge on any atom is -0.495 e. The van der Waals surface area contributed by atoms with E-state index in [1.165, 1.54) is 6.42 Å². The summed E-state index contributed by atoms with van der Waals surface area (Å²) in [4.78, 5) is 11.3. The third-order valence-electron chi connectivity index (χ3n) is 4.02. The van der Waals surface area contributed by atoms with Crippen LogP contribution in [0.3, 0.4) is 0 Å². The van der Waals surface area contributed by atoms with Crippen molar-refractivity contribution < 1.29 is 9.53 Å². The first-order chi connectivity index (χ1) is 9.49. The van der Waals surface area contributed by atoms with E-state index in [0.29, 0.717) is 11.6 Å². The van der Waals surface area contributed by atoms with Crippen LogP contribution in [-0.4, -0.2) is 19.1 Å². The fraction of sp³-hybridized carbons (Fsp3) is 0.562. The fourth-order valence-corrected chi connectivity index (χ4v) is 3.26. The third kappa shape index (κ3) is 3.44. The number of carbonyl (C=O) groups is 1. The lowest BCUT2D eigenvalue weighted by molar-refractivity contribution is 0.100. The van der Waals surface area contributed by atoms with Gasteiger partial charge in [-0.05, 0) is 49.3 Å². The molecule has 1 fully saturated rings. The molecule has 1 aromatic rings. The van der Waals surface area contributed by atoms with Crippen molar-refractivity contribution in [1.82, 2.24) is 0 Å². The minimum atomic E-state index is -0.416. The van der Waals surface area contributed by atoms with Gasteiger partial charge in [-0.1, -0.05) is 13.8 Å². The van der Waals surface area contributed by atoms with E-state index in [1.807, 2.05) is 0 Å². The highest BCUT2D eigenvalue weighted by molar-refractivity contribution is 5.94. The number of hydrogen-bond donors (Lipinski definition) is 2. The number of anilines is 1. The van der Waals surface area contributed by atoms with Gasteiger partial charge in [0.25, 0.3) is 0 Å². The Hall–Kier alpha value is -1.71. The van der Waals surface area contributed by atoms with Gasteiger partial charge in [-0.2, -0.15) is 0 Å². The van der Waals surface area contributed by atoms with Crippen molar-refractivity contribution in [3.8, 4) is 5.75 Å². The molecule has 0 bridgehead atoms. The van der Waals surface area contributed by atoms with Crippen LogP contribution in [0.15, 0.2) is 18.2 Å². The van der Waals surface area contributed by atoms with Crippen LogP contribution in [-0.2, 0) is 0 Å². The number of ether oxygens (including phenoxy) is 1. The maximum atomic E-state index is 11.3. The number of primary amides is 1. The molecule has 1 aliphatic rings. The summed E-state index contributed by atoms with van der Waals surface area (Å²) in [6.07, 6.45) is 3.58. The molecule has 3 N–H and O–H groups in total. The van der Waals surface area contributed by atoms with Crippen LogP contribution in [0, 0.1) is 11.8 Å². The molecule has 0 spiro atoms. The molecule has 0 aromatic heterocycles. The van der Waals surface area contributed by atoms with E-state index < -0.39 is 5.91 Å². The minimum absolute atomic E-state index is 0.416. The van der Waals surface area contributed by atoms with E-state index in [0.717, 1.165) is 36.1 Å². The van der Waals surface area contributed by atoms with Crippen LogP contribution in [0.5, 0.6) is 5.75 Å². The SMILES string of the molecule is COc1ccc(C(N)=O)cc1NC1CC(C)CC(C)C1. The lowest BCUT2D eigenvalue weighted by Gasteiger charge is -2.33. The molecule has 4 nitrogen and oxygen atoms in total. The molecule has 0 radical (unpaired) electrons. The van der Waals surface area contributed by atoms with E-state index in [-0.39, 0.29) is 0 Å². The van der Waals surface area contributed by atoms with E-state index in [1.54, 1.807) is 25.3 Å². The molecule has 0 heterocycles. The van der Waals surface area contributed by atoms with Gasteiger partial charge in [0.05, 0.1) is 12.8 Å². The standard InChI is InChI=1S/C16H24N2O2/c1-10-6-11(2)8-13(7-10)18-14-9-12(16(17)19)4-5-15(14)20-3/h4-5,9-11,13,18H,6-8H2,1-3H3,(H2,17,19). The second-order valence-corrected chi connectivity index (χ2v) is 6.04. The number of amides is 1. The zero-order valence-corrected chi connectivity index (χ0v) is 12.5. The summed E-state index contributed by atoms with van der Waals surface area (Å²) in [5.74, 6) is 1.78. The van der Waals surface area contributed by atoms with Crippen molar-refractivity contribution in [2.45, 2.75) is 39.2 Å². The Morgan fingerprint density at radius 1 is 1.25 bits per heavy atom. The number of rotatable bonds is 4. The van der Waals surface area contributed by atoms with E-state index >= 15 is 0 Å². The van der Waals surface area contributed by atoms with E-state index in [4.69, 9.17) is 10.5 Å². The van der Waals surface area contributed by atoms with Gasteiger partial charge >= 0.3 is 0 Å². The summed E-state index contributed by atoms with van der Waals surface area (Å²) >= 11 is 0. The molecule has 0 aliphatic heterocycles. The van der Waals surface area contributed by atoms with Crippen molar-refractivity contribution in [3.05, 3.63) is 23.8 Å². The van der Waals surface area contributed by atoms with Crippen LogP contribution in [0.4, 0.5) is 5.69 Å². The van der Waals surface area contributed by atoms with E-state index in [9.17, 15) is 4.79 Å². The number of hydrogen-bond acceptors (Lipinski definition) is 3. The highest BCUT2D eigenvalue weighted by Crippen LogP contribution is 2.33. The van der Waals surface area contributed by atoms with Crippen LogP contribution in [0.25, 0.3) is 0 Å². The normalized spacial score (nSPS) is 26.1. The van der Waals surface area contributed by atoms with Crippen molar-refractivity contribution >= 4 is 11.6 Å². The van der Waals surface area contributed by atoms with Crippen molar-refractivity contribution in [3.63, 3.8) is 0 Å². The monoisotopic (exact) mass is 276 g/mol. The fourth-order valence-electron chi connectivity index (χ4n) is 3.26. The number of carbonyl (C=O) groups excluding carboxylic acids is 1. The second kappa shape index (κ2) is 6.16. The first kappa shape index (κ1) is 14.7. The summed E-state index contributed by atoms with van der Waals surface area (Å²) in [5, 5.41) is 3.52. The predicted octanol–water partition coefficient (Wildman–Crippen LogP) is 3.03. The van der Waals surface area contributed by atoms with Gasteiger partial charge in [0, 0.05) is 11.6 Å². The zero-order valence-electron chi connectivity index (χ0n) is 12.5. The van der Waals surface area contributed by atoms with Gasteiger partial charge < -0.3 is 15.8 Å².